The first-order valence-electron chi connectivity index (χ1n) is 5.41. The number of nitrogens with two attached hydrogens (primary N) is 1. The molecule has 1 aromatic carbocycles. The van der Waals surface area contributed by atoms with Crippen LogP contribution in [0.2, 0.25) is 5.02 Å². The van der Waals surface area contributed by atoms with Crippen LogP contribution in [0.15, 0.2) is 42.6 Å². The number of hydrogen-bond donors (Lipinski definition) is 2. The molecule has 0 radical (unpaired) electrons. The van der Waals surface area contributed by atoms with Crippen LogP contribution in [0, 0.1) is 0 Å². The topological polar surface area (TPSA) is 85.1 Å². The van der Waals surface area contributed by atoms with Crippen LogP contribution in [0.1, 0.15) is 5.56 Å². The van der Waals surface area contributed by atoms with Gasteiger partial charge in [0, 0.05) is 23.0 Å². The summed E-state index contributed by atoms with van der Waals surface area (Å²) in [5.74, 6) is 0.0459. The van der Waals surface area contributed by atoms with Crippen LogP contribution in [0.25, 0.3) is 0 Å². The van der Waals surface area contributed by atoms with Crippen molar-refractivity contribution in [1.29, 1.82) is 0 Å². The zero-order valence-electron chi connectivity index (χ0n) is 9.88. The first kappa shape index (κ1) is 13.6. The highest BCUT2D eigenvalue weighted by atomic mass is 35.5. The zero-order chi connectivity index (χ0) is 13.9. The summed E-state index contributed by atoms with van der Waals surface area (Å²) in [5, 5.41) is 0.417. The fourth-order valence-electron chi connectivity index (χ4n) is 1.49. The highest BCUT2D eigenvalue weighted by molar-refractivity contribution is 7.91. The van der Waals surface area contributed by atoms with Crippen LogP contribution >= 0.6 is 11.6 Å². The molecule has 1 aromatic heterocycles. The van der Waals surface area contributed by atoms with Gasteiger partial charge in [-0.25, -0.2) is 13.4 Å². The Balaban J connectivity index is 2.13. The van der Waals surface area contributed by atoms with Crippen molar-refractivity contribution in [3.8, 4) is 0 Å². The molecule has 0 spiro atoms. The standard InChI is InChI=1S/C12H12ClN3O2S/c13-10-5-6-15-12(7-10)16-19(17,18)8-9-1-3-11(14)4-2-9/h1-7H,8,14H2,(H,15,16). The minimum atomic E-state index is -3.53. The molecular weight excluding hydrogens is 286 g/mol. The molecule has 0 aliphatic carbocycles. The number of sulfonamides is 1. The van der Waals surface area contributed by atoms with Gasteiger partial charge in [-0.1, -0.05) is 23.7 Å². The van der Waals surface area contributed by atoms with E-state index in [-0.39, 0.29) is 11.6 Å². The number of nitrogens with one attached hydrogen (secondary N) is 1. The van der Waals surface area contributed by atoms with Crippen LogP contribution in [0.4, 0.5) is 11.5 Å². The van der Waals surface area contributed by atoms with Crippen molar-refractivity contribution in [2.75, 3.05) is 10.5 Å². The predicted molar refractivity (Wildman–Crippen MR) is 76.3 cm³/mol. The highest BCUT2D eigenvalue weighted by Crippen LogP contribution is 2.15. The third-order valence-electron chi connectivity index (χ3n) is 2.32. The largest absolute Gasteiger partial charge is 0.399 e. The van der Waals surface area contributed by atoms with Crippen LogP contribution in [0.3, 0.4) is 0 Å². The summed E-state index contributed by atoms with van der Waals surface area (Å²) in [6, 6.07) is 9.66. The van der Waals surface area contributed by atoms with Gasteiger partial charge in [0.25, 0.3) is 0 Å². The maximum atomic E-state index is 11.9. The average Bonchev–Trinajstić information content (AvgIpc) is 2.31. The summed E-state index contributed by atoms with van der Waals surface area (Å²) in [5.41, 5.74) is 6.77. The fraction of sp³-hybridized carbons (Fsp3) is 0.0833. The van der Waals surface area contributed by atoms with E-state index in [0.717, 1.165) is 0 Å². The van der Waals surface area contributed by atoms with E-state index < -0.39 is 10.0 Å². The van der Waals surface area contributed by atoms with E-state index in [0.29, 0.717) is 16.3 Å². The lowest BCUT2D eigenvalue weighted by atomic mass is 10.2. The van der Waals surface area contributed by atoms with E-state index in [2.05, 4.69) is 9.71 Å². The van der Waals surface area contributed by atoms with Crippen molar-refractivity contribution in [1.82, 2.24) is 4.98 Å². The summed E-state index contributed by atoms with van der Waals surface area (Å²) in [4.78, 5) is 3.89. The number of aromatic nitrogens is 1. The van der Waals surface area contributed by atoms with Crippen molar-refractivity contribution in [2.45, 2.75) is 5.75 Å². The minimum Gasteiger partial charge on any atom is -0.399 e. The van der Waals surface area contributed by atoms with Crippen LogP contribution in [0.5, 0.6) is 0 Å². The van der Waals surface area contributed by atoms with Crippen molar-refractivity contribution < 1.29 is 8.42 Å². The molecule has 19 heavy (non-hydrogen) atoms. The molecule has 0 bridgehead atoms. The lowest BCUT2D eigenvalue weighted by Crippen LogP contribution is -2.15. The Hall–Kier alpha value is -1.79. The summed E-state index contributed by atoms with van der Waals surface area (Å²) in [7, 11) is -3.53. The molecule has 5 nitrogen and oxygen atoms in total. The molecule has 2 aromatic rings. The molecule has 1 heterocycles. The highest BCUT2D eigenvalue weighted by Gasteiger charge is 2.12. The van der Waals surface area contributed by atoms with Gasteiger partial charge < -0.3 is 5.73 Å². The maximum absolute atomic E-state index is 11.9. The lowest BCUT2D eigenvalue weighted by molar-refractivity contribution is 0.600. The van der Waals surface area contributed by atoms with Gasteiger partial charge >= 0.3 is 0 Å². The van der Waals surface area contributed by atoms with Gasteiger partial charge in [-0.2, -0.15) is 0 Å². The molecule has 0 atom stereocenters. The summed E-state index contributed by atoms with van der Waals surface area (Å²) < 4.78 is 26.2. The van der Waals surface area contributed by atoms with Crippen LogP contribution in [-0.4, -0.2) is 13.4 Å². The Labute approximate surface area is 116 Å². The second kappa shape index (κ2) is 5.46. The molecule has 0 unspecified atom stereocenters. The molecule has 0 aliphatic heterocycles. The number of nitrogens with zero attached hydrogens (tertiary/aromatic N) is 1. The number of anilines is 2. The zero-order valence-corrected chi connectivity index (χ0v) is 11.4. The Bertz CT molecular complexity index is 672. The first-order valence-corrected chi connectivity index (χ1v) is 7.44. The van der Waals surface area contributed by atoms with Gasteiger partial charge in [0.2, 0.25) is 10.0 Å². The van der Waals surface area contributed by atoms with E-state index in [4.69, 9.17) is 17.3 Å². The number of hydrogen-bond acceptors (Lipinski definition) is 4. The second-order valence-electron chi connectivity index (χ2n) is 3.96. The summed E-state index contributed by atoms with van der Waals surface area (Å²) >= 11 is 5.76. The number of rotatable bonds is 4. The Morgan fingerprint density at radius 3 is 2.53 bits per heavy atom. The van der Waals surface area contributed by atoms with Gasteiger partial charge in [0.1, 0.15) is 5.82 Å². The Kier molecular flexibility index (Phi) is 3.92. The molecule has 100 valence electrons. The van der Waals surface area contributed by atoms with Gasteiger partial charge in [0.05, 0.1) is 5.75 Å². The van der Waals surface area contributed by atoms with Gasteiger partial charge in [-0.15, -0.1) is 0 Å². The lowest BCUT2D eigenvalue weighted by Gasteiger charge is -2.07. The van der Waals surface area contributed by atoms with Crippen molar-refractivity contribution in [3.63, 3.8) is 0 Å². The average molecular weight is 298 g/mol. The first-order chi connectivity index (χ1) is 8.94. The SMILES string of the molecule is Nc1ccc(CS(=O)(=O)Nc2cc(Cl)ccn2)cc1. The number of nitrogen functional groups attached to an aromatic ring is 1. The van der Waals surface area contributed by atoms with Gasteiger partial charge in [-0.05, 0) is 23.8 Å². The van der Waals surface area contributed by atoms with Crippen molar-refractivity contribution >= 4 is 33.1 Å². The van der Waals surface area contributed by atoms with E-state index >= 15 is 0 Å². The fourth-order valence-corrected chi connectivity index (χ4v) is 2.78. The Morgan fingerprint density at radius 1 is 1.21 bits per heavy atom. The predicted octanol–water partition coefficient (Wildman–Crippen LogP) is 2.26. The number of pyridine rings is 1. The van der Waals surface area contributed by atoms with E-state index in [1.54, 1.807) is 30.3 Å². The number of halogens is 1. The number of benzene rings is 1. The molecule has 7 heteroatoms. The molecule has 0 aliphatic rings. The smallest absolute Gasteiger partial charge is 0.238 e. The van der Waals surface area contributed by atoms with Crippen molar-refractivity contribution in [3.05, 3.63) is 53.2 Å². The van der Waals surface area contributed by atoms with Crippen molar-refractivity contribution in [2.24, 2.45) is 0 Å². The van der Waals surface area contributed by atoms with E-state index in [1.165, 1.54) is 12.3 Å². The molecule has 0 fully saturated rings. The van der Waals surface area contributed by atoms with E-state index in [9.17, 15) is 8.42 Å². The van der Waals surface area contributed by atoms with E-state index in [1.807, 2.05) is 0 Å². The normalized spacial score (nSPS) is 11.2. The third-order valence-corrected chi connectivity index (χ3v) is 3.79. The quantitative estimate of drug-likeness (QED) is 0.848. The summed E-state index contributed by atoms with van der Waals surface area (Å²) in [6.45, 7) is 0. The van der Waals surface area contributed by atoms with Gasteiger partial charge in [0.15, 0.2) is 0 Å². The molecule has 3 N–H and O–H groups in total. The second-order valence-corrected chi connectivity index (χ2v) is 6.12. The van der Waals surface area contributed by atoms with Crippen LogP contribution < -0.4 is 10.5 Å². The maximum Gasteiger partial charge on any atom is 0.238 e. The molecule has 0 saturated carbocycles. The molecule has 2 rings (SSSR count). The summed E-state index contributed by atoms with van der Waals surface area (Å²) in [6.07, 6.45) is 1.43. The molecule has 0 saturated heterocycles. The molecule has 0 amide bonds. The molecular formula is C12H12ClN3O2S. The third kappa shape index (κ3) is 4.11. The minimum absolute atomic E-state index is 0.151. The monoisotopic (exact) mass is 297 g/mol. The van der Waals surface area contributed by atoms with Gasteiger partial charge in [-0.3, -0.25) is 4.72 Å². The Morgan fingerprint density at radius 2 is 1.89 bits per heavy atom. The van der Waals surface area contributed by atoms with Crippen LogP contribution in [-0.2, 0) is 15.8 Å².